The molecule has 2 fully saturated rings. The minimum Gasteiger partial charge on any atom is -0.381 e. The number of hydrogen-bond donors (Lipinski definition) is 2. The highest BCUT2D eigenvalue weighted by molar-refractivity contribution is 5.88. The van der Waals surface area contributed by atoms with Gasteiger partial charge in [-0.05, 0) is 32.6 Å². The number of carbonyl (C=O) groups is 2. The molecule has 1 aliphatic heterocycles. The van der Waals surface area contributed by atoms with E-state index in [9.17, 15) is 14.7 Å². The van der Waals surface area contributed by atoms with E-state index in [1.165, 1.54) is 0 Å². The molecule has 2 aliphatic rings. The van der Waals surface area contributed by atoms with Crippen LogP contribution in [0.5, 0.6) is 0 Å². The van der Waals surface area contributed by atoms with E-state index in [0.717, 1.165) is 12.8 Å². The Balaban J connectivity index is 2.02. The second kappa shape index (κ2) is 5.09. The van der Waals surface area contributed by atoms with Gasteiger partial charge >= 0.3 is 0 Å². The third kappa shape index (κ3) is 2.74. The number of piperidine rings is 1. The summed E-state index contributed by atoms with van der Waals surface area (Å²) < 4.78 is 5.37. The molecule has 1 saturated carbocycles. The Morgan fingerprint density at radius 2 is 2.05 bits per heavy atom. The summed E-state index contributed by atoms with van der Waals surface area (Å²) in [4.78, 5) is 25.3. The normalized spacial score (nSPS) is 29.1. The van der Waals surface area contributed by atoms with Gasteiger partial charge in [0, 0.05) is 13.2 Å². The molecule has 1 saturated heterocycles. The van der Waals surface area contributed by atoms with Gasteiger partial charge in [-0.25, -0.2) is 0 Å². The van der Waals surface area contributed by atoms with Gasteiger partial charge in [0.05, 0.1) is 18.6 Å². The Labute approximate surface area is 112 Å². The monoisotopic (exact) mass is 270 g/mol. The Morgan fingerprint density at radius 3 is 2.58 bits per heavy atom. The van der Waals surface area contributed by atoms with Crippen molar-refractivity contribution in [2.24, 2.45) is 11.1 Å². The van der Waals surface area contributed by atoms with Crippen LogP contribution in [0, 0.1) is 5.41 Å². The molecular formula is C13H22N2O4. The van der Waals surface area contributed by atoms with Gasteiger partial charge in [-0.3, -0.25) is 9.59 Å². The van der Waals surface area contributed by atoms with Crippen molar-refractivity contribution in [1.29, 1.82) is 0 Å². The van der Waals surface area contributed by atoms with Gasteiger partial charge in [-0.2, -0.15) is 0 Å². The quantitative estimate of drug-likeness (QED) is 0.713. The summed E-state index contributed by atoms with van der Waals surface area (Å²) in [5.41, 5.74) is 3.22. The SMILES string of the molecule is CCOCC1(C(=O)N2CCCC(O)(C(N)=O)C2)CC1. The van der Waals surface area contributed by atoms with Crippen molar-refractivity contribution in [3.8, 4) is 0 Å². The molecule has 0 spiro atoms. The van der Waals surface area contributed by atoms with E-state index in [1.807, 2.05) is 6.92 Å². The van der Waals surface area contributed by atoms with E-state index >= 15 is 0 Å². The van der Waals surface area contributed by atoms with Crippen LogP contribution in [0.2, 0.25) is 0 Å². The molecule has 6 nitrogen and oxygen atoms in total. The summed E-state index contributed by atoms with van der Waals surface area (Å²) in [5, 5.41) is 10.1. The Kier molecular flexibility index (Phi) is 3.82. The predicted molar refractivity (Wildman–Crippen MR) is 68.1 cm³/mol. The van der Waals surface area contributed by atoms with Crippen molar-refractivity contribution >= 4 is 11.8 Å². The lowest BCUT2D eigenvalue weighted by molar-refractivity contribution is -0.153. The first-order valence-electron chi connectivity index (χ1n) is 6.83. The fourth-order valence-corrected chi connectivity index (χ4v) is 2.61. The van der Waals surface area contributed by atoms with E-state index < -0.39 is 16.9 Å². The number of carbonyl (C=O) groups excluding carboxylic acids is 2. The van der Waals surface area contributed by atoms with Crippen molar-refractivity contribution < 1.29 is 19.4 Å². The molecular weight excluding hydrogens is 248 g/mol. The molecule has 0 aromatic rings. The minimum atomic E-state index is -1.57. The third-order valence-electron chi connectivity index (χ3n) is 4.11. The third-order valence-corrected chi connectivity index (χ3v) is 4.11. The van der Waals surface area contributed by atoms with Crippen molar-refractivity contribution in [1.82, 2.24) is 4.90 Å². The van der Waals surface area contributed by atoms with Gasteiger partial charge in [-0.15, -0.1) is 0 Å². The number of hydrogen-bond acceptors (Lipinski definition) is 4. The van der Waals surface area contributed by atoms with Crippen LogP contribution in [0.1, 0.15) is 32.6 Å². The van der Waals surface area contributed by atoms with Gasteiger partial charge in [0.15, 0.2) is 5.60 Å². The molecule has 0 bridgehead atoms. The predicted octanol–water partition coefficient (Wildman–Crippen LogP) is -0.358. The van der Waals surface area contributed by atoms with Crippen LogP contribution in [-0.4, -0.2) is 53.7 Å². The molecule has 0 aromatic carbocycles. The van der Waals surface area contributed by atoms with E-state index in [2.05, 4.69) is 0 Å². The van der Waals surface area contributed by atoms with E-state index in [-0.39, 0.29) is 12.5 Å². The molecule has 2 amide bonds. The maximum atomic E-state index is 12.5. The van der Waals surface area contributed by atoms with Crippen LogP contribution in [0.4, 0.5) is 0 Å². The van der Waals surface area contributed by atoms with Crippen LogP contribution in [0.25, 0.3) is 0 Å². The van der Waals surface area contributed by atoms with E-state index in [0.29, 0.717) is 32.6 Å². The zero-order chi connectivity index (χ0) is 14.1. The van der Waals surface area contributed by atoms with Crippen LogP contribution >= 0.6 is 0 Å². The lowest BCUT2D eigenvalue weighted by Gasteiger charge is -2.38. The number of nitrogens with zero attached hydrogens (tertiary/aromatic N) is 1. The molecule has 3 N–H and O–H groups in total. The van der Waals surface area contributed by atoms with Gasteiger partial charge in [-0.1, -0.05) is 0 Å². The molecule has 1 atom stereocenters. The Hall–Kier alpha value is -1.14. The average molecular weight is 270 g/mol. The second-order valence-electron chi connectivity index (χ2n) is 5.64. The van der Waals surface area contributed by atoms with Crippen molar-refractivity contribution in [2.45, 2.75) is 38.2 Å². The summed E-state index contributed by atoms with van der Waals surface area (Å²) in [6, 6.07) is 0. The molecule has 1 heterocycles. The summed E-state index contributed by atoms with van der Waals surface area (Å²) in [6.07, 6.45) is 2.55. The Morgan fingerprint density at radius 1 is 1.37 bits per heavy atom. The number of nitrogens with two attached hydrogens (primary N) is 1. The fraction of sp³-hybridized carbons (Fsp3) is 0.846. The zero-order valence-electron chi connectivity index (χ0n) is 11.4. The second-order valence-corrected chi connectivity index (χ2v) is 5.64. The number of amides is 2. The van der Waals surface area contributed by atoms with Crippen molar-refractivity contribution in [2.75, 3.05) is 26.3 Å². The van der Waals surface area contributed by atoms with Gasteiger partial charge < -0.3 is 20.5 Å². The number of aliphatic hydroxyl groups is 1. The van der Waals surface area contributed by atoms with Gasteiger partial charge in [0.25, 0.3) is 5.91 Å². The fourth-order valence-electron chi connectivity index (χ4n) is 2.61. The first-order chi connectivity index (χ1) is 8.93. The highest BCUT2D eigenvalue weighted by Gasteiger charge is 2.53. The standard InChI is InChI=1S/C13H22N2O4/c1-2-19-9-12(5-6-12)11(17)15-7-3-4-13(18,8-15)10(14)16/h18H,2-9H2,1H3,(H2,14,16). The van der Waals surface area contributed by atoms with Gasteiger partial charge in [0.1, 0.15) is 0 Å². The number of likely N-dealkylation sites (tertiary alicyclic amines) is 1. The molecule has 1 unspecified atom stereocenters. The summed E-state index contributed by atoms with van der Waals surface area (Å²) in [6.45, 7) is 3.48. The summed E-state index contributed by atoms with van der Waals surface area (Å²) in [5.74, 6) is -0.764. The van der Waals surface area contributed by atoms with E-state index in [1.54, 1.807) is 4.90 Å². The number of ether oxygens (including phenoxy) is 1. The number of β-amino-alcohol motifs (C(OH)–C–C–N with tert-alkyl or cyclic N) is 1. The minimum absolute atomic E-state index is 0.00897. The number of primary amides is 1. The molecule has 1 aliphatic carbocycles. The zero-order valence-corrected chi connectivity index (χ0v) is 11.4. The Bertz CT molecular complexity index is 381. The highest BCUT2D eigenvalue weighted by atomic mass is 16.5. The molecule has 0 radical (unpaired) electrons. The molecule has 6 heteroatoms. The van der Waals surface area contributed by atoms with Gasteiger partial charge in [0.2, 0.25) is 5.91 Å². The van der Waals surface area contributed by atoms with Crippen molar-refractivity contribution in [3.63, 3.8) is 0 Å². The number of rotatable bonds is 5. The molecule has 0 aromatic heterocycles. The maximum absolute atomic E-state index is 12.5. The van der Waals surface area contributed by atoms with E-state index in [4.69, 9.17) is 10.5 Å². The molecule has 2 rings (SSSR count). The lowest BCUT2D eigenvalue weighted by atomic mass is 9.91. The molecule has 108 valence electrons. The summed E-state index contributed by atoms with van der Waals surface area (Å²) in [7, 11) is 0. The van der Waals surface area contributed by atoms with Crippen LogP contribution in [-0.2, 0) is 14.3 Å². The highest BCUT2D eigenvalue weighted by Crippen LogP contribution is 2.48. The lowest BCUT2D eigenvalue weighted by Crippen LogP contribution is -2.58. The maximum Gasteiger partial charge on any atom is 0.251 e. The molecule has 19 heavy (non-hydrogen) atoms. The van der Waals surface area contributed by atoms with Crippen LogP contribution in [0.15, 0.2) is 0 Å². The summed E-state index contributed by atoms with van der Waals surface area (Å²) >= 11 is 0. The first kappa shape index (κ1) is 14.3. The smallest absolute Gasteiger partial charge is 0.251 e. The first-order valence-corrected chi connectivity index (χ1v) is 6.83. The van der Waals surface area contributed by atoms with Crippen LogP contribution < -0.4 is 5.73 Å². The topological polar surface area (TPSA) is 92.9 Å². The average Bonchev–Trinajstić information content (AvgIpc) is 3.16. The van der Waals surface area contributed by atoms with Crippen molar-refractivity contribution in [3.05, 3.63) is 0 Å². The van der Waals surface area contributed by atoms with Crippen LogP contribution in [0.3, 0.4) is 0 Å². The largest absolute Gasteiger partial charge is 0.381 e.